The largest absolute Gasteiger partial charge is 0.497 e. The third-order valence-corrected chi connectivity index (χ3v) is 5.05. The van der Waals surface area contributed by atoms with Gasteiger partial charge < -0.3 is 9.47 Å². The Morgan fingerprint density at radius 3 is 2.70 bits per heavy atom. The van der Waals surface area contributed by atoms with Crippen LogP contribution in [0.5, 0.6) is 5.75 Å². The summed E-state index contributed by atoms with van der Waals surface area (Å²) in [4.78, 5) is 0.273. The van der Waals surface area contributed by atoms with Crippen LogP contribution in [0.25, 0.3) is 10.8 Å². The third-order valence-electron chi connectivity index (χ3n) is 3.93. The van der Waals surface area contributed by atoms with Gasteiger partial charge >= 0.3 is 0 Å². The molecule has 106 valence electrons. The SMILES string of the molecule is COc1ccc2cc(C(Br)C3CCCCO3)ccc2c1. The second kappa shape index (κ2) is 6.15. The summed E-state index contributed by atoms with van der Waals surface area (Å²) in [5.74, 6) is 0.899. The first kappa shape index (κ1) is 13.9. The Hall–Kier alpha value is -1.06. The highest BCUT2D eigenvalue weighted by Crippen LogP contribution is 2.35. The maximum absolute atomic E-state index is 5.88. The van der Waals surface area contributed by atoms with Crippen LogP contribution in [0.1, 0.15) is 29.7 Å². The summed E-state index contributed by atoms with van der Waals surface area (Å²) in [5, 5.41) is 2.45. The Balaban J connectivity index is 1.88. The van der Waals surface area contributed by atoms with Gasteiger partial charge in [0.2, 0.25) is 0 Å². The summed E-state index contributed by atoms with van der Waals surface area (Å²) < 4.78 is 11.1. The van der Waals surface area contributed by atoms with Gasteiger partial charge in [-0.15, -0.1) is 0 Å². The minimum atomic E-state index is 0.273. The fourth-order valence-electron chi connectivity index (χ4n) is 2.75. The smallest absolute Gasteiger partial charge is 0.119 e. The highest BCUT2D eigenvalue weighted by Gasteiger charge is 2.23. The number of benzene rings is 2. The minimum absolute atomic E-state index is 0.273. The number of ether oxygens (including phenoxy) is 2. The van der Waals surface area contributed by atoms with Crippen LogP contribution in [0.3, 0.4) is 0 Å². The van der Waals surface area contributed by atoms with Gasteiger partial charge in [-0.3, -0.25) is 0 Å². The Labute approximate surface area is 128 Å². The predicted molar refractivity (Wildman–Crippen MR) is 85.8 cm³/mol. The second-order valence-electron chi connectivity index (χ2n) is 5.28. The topological polar surface area (TPSA) is 18.5 Å². The van der Waals surface area contributed by atoms with E-state index in [0.717, 1.165) is 18.8 Å². The van der Waals surface area contributed by atoms with Crippen LogP contribution in [-0.4, -0.2) is 19.8 Å². The van der Waals surface area contributed by atoms with E-state index in [-0.39, 0.29) is 4.83 Å². The molecule has 1 fully saturated rings. The summed E-state index contributed by atoms with van der Waals surface area (Å²) in [7, 11) is 1.70. The predicted octanol–water partition coefficient (Wildman–Crippen LogP) is 4.85. The standard InChI is InChI=1S/C17H19BrO2/c1-19-15-8-7-12-10-14(6-5-13(12)11-15)17(18)16-4-2-3-9-20-16/h5-8,10-11,16-17H,2-4,9H2,1H3. The van der Waals surface area contributed by atoms with Crippen LogP contribution in [-0.2, 0) is 4.74 Å². The molecule has 2 aromatic rings. The normalized spacial score (nSPS) is 20.8. The fraction of sp³-hybridized carbons (Fsp3) is 0.412. The Morgan fingerprint density at radius 2 is 1.95 bits per heavy atom. The summed E-state index contributed by atoms with van der Waals surface area (Å²) in [6.07, 6.45) is 3.88. The van der Waals surface area contributed by atoms with Gasteiger partial charge in [-0.05, 0) is 53.8 Å². The Morgan fingerprint density at radius 1 is 1.15 bits per heavy atom. The van der Waals surface area contributed by atoms with Crippen molar-refractivity contribution < 1.29 is 9.47 Å². The Kier molecular flexibility index (Phi) is 4.27. The maximum Gasteiger partial charge on any atom is 0.119 e. The molecule has 1 aliphatic heterocycles. The van der Waals surface area contributed by atoms with Gasteiger partial charge in [0.25, 0.3) is 0 Å². The van der Waals surface area contributed by atoms with Crippen molar-refractivity contribution >= 4 is 26.7 Å². The molecule has 1 saturated heterocycles. The van der Waals surface area contributed by atoms with E-state index in [2.05, 4.69) is 46.3 Å². The number of fused-ring (bicyclic) bond motifs is 1. The number of alkyl halides is 1. The zero-order valence-corrected chi connectivity index (χ0v) is 13.2. The van der Waals surface area contributed by atoms with Crippen LogP contribution in [0, 0.1) is 0 Å². The molecule has 20 heavy (non-hydrogen) atoms. The van der Waals surface area contributed by atoms with Gasteiger partial charge in [-0.2, -0.15) is 0 Å². The molecule has 0 spiro atoms. The first-order valence-electron chi connectivity index (χ1n) is 7.11. The van der Waals surface area contributed by atoms with Crippen LogP contribution in [0.15, 0.2) is 36.4 Å². The van der Waals surface area contributed by atoms with Crippen molar-refractivity contribution in [1.82, 2.24) is 0 Å². The molecule has 1 heterocycles. The van der Waals surface area contributed by atoms with Gasteiger partial charge in [0.15, 0.2) is 0 Å². The first-order chi connectivity index (χ1) is 9.78. The number of methoxy groups -OCH3 is 1. The van der Waals surface area contributed by atoms with Crippen molar-refractivity contribution in [2.75, 3.05) is 13.7 Å². The molecule has 3 heteroatoms. The van der Waals surface area contributed by atoms with Gasteiger partial charge in [0.1, 0.15) is 5.75 Å². The lowest BCUT2D eigenvalue weighted by atomic mass is 9.98. The molecule has 0 amide bonds. The average molecular weight is 335 g/mol. The van der Waals surface area contributed by atoms with Crippen molar-refractivity contribution in [3.05, 3.63) is 42.0 Å². The van der Waals surface area contributed by atoms with E-state index in [1.807, 2.05) is 6.07 Å². The van der Waals surface area contributed by atoms with Crippen molar-refractivity contribution in [3.8, 4) is 5.75 Å². The molecule has 2 aromatic carbocycles. The summed E-state index contributed by atoms with van der Waals surface area (Å²) in [5.41, 5.74) is 1.29. The molecule has 0 radical (unpaired) electrons. The summed E-state index contributed by atoms with van der Waals surface area (Å²) in [6.45, 7) is 0.886. The Bertz CT molecular complexity index is 591. The van der Waals surface area contributed by atoms with Crippen molar-refractivity contribution in [2.45, 2.75) is 30.2 Å². The average Bonchev–Trinajstić information content (AvgIpc) is 2.54. The van der Waals surface area contributed by atoms with Crippen molar-refractivity contribution in [3.63, 3.8) is 0 Å². The van der Waals surface area contributed by atoms with E-state index in [0.29, 0.717) is 6.10 Å². The molecule has 0 aromatic heterocycles. The monoisotopic (exact) mass is 334 g/mol. The number of rotatable bonds is 3. The molecular formula is C17H19BrO2. The molecule has 1 aliphatic rings. The summed E-state index contributed by atoms with van der Waals surface area (Å²) in [6, 6.07) is 12.8. The quantitative estimate of drug-likeness (QED) is 0.746. The fourth-order valence-corrected chi connectivity index (χ4v) is 3.45. The lowest BCUT2D eigenvalue weighted by Gasteiger charge is -2.27. The minimum Gasteiger partial charge on any atom is -0.497 e. The van der Waals surface area contributed by atoms with Gasteiger partial charge in [0.05, 0.1) is 18.0 Å². The lowest BCUT2D eigenvalue weighted by molar-refractivity contribution is 0.0161. The molecule has 0 N–H and O–H groups in total. The number of halogens is 1. The van der Waals surface area contributed by atoms with Crippen LogP contribution < -0.4 is 4.74 Å². The third kappa shape index (κ3) is 2.84. The molecule has 2 unspecified atom stereocenters. The first-order valence-corrected chi connectivity index (χ1v) is 8.03. The van der Waals surface area contributed by atoms with Gasteiger partial charge in [0, 0.05) is 6.61 Å². The van der Waals surface area contributed by atoms with Gasteiger partial charge in [-0.25, -0.2) is 0 Å². The van der Waals surface area contributed by atoms with E-state index in [1.165, 1.54) is 29.2 Å². The zero-order valence-electron chi connectivity index (χ0n) is 11.6. The number of hydrogen-bond acceptors (Lipinski definition) is 2. The van der Waals surface area contributed by atoms with E-state index >= 15 is 0 Å². The van der Waals surface area contributed by atoms with Gasteiger partial charge in [-0.1, -0.05) is 34.1 Å². The lowest BCUT2D eigenvalue weighted by Crippen LogP contribution is -2.23. The van der Waals surface area contributed by atoms with Crippen molar-refractivity contribution in [1.29, 1.82) is 0 Å². The molecule has 2 atom stereocenters. The zero-order chi connectivity index (χ0) is 13.9. The molecular weight excluding hydrogens is 316 g/mol. The second-order valence-corrected chi connectivity index (χ2v) is 6.27. The molecule has 2 nitrogen and oxygen atoms in total. The van der Waals surface area contributed by atoms with E-state index in [4.69, 9.17) is 9.47 Å². The maximum atomic E-state index is 5.88. The van der Waals surface area contributed by atoms with Crippen LogP contribution in [0.2, 0.25) is 0 Å². The molecule has 0 saturated carbocycles. The highest BCUT2D eigenvalue weighted by molar-refractivity contribution is 9.09. The van der Waals surface area contributed by atoms with E-state index in [1.54, 1.807) is 7.11 Å². The molecule has 3 rings (SSSR count). The molecule has 0 aliphatic carbocycles. The van der Waals surface area contributed by atoms with E-state index < -0.39 is 0 Å². The van der Waals surface area contributed by atoms with Crippen molar-refractivity contribution in [2.24, 2.45) is 0 Å². The highest BCUT2D eigenvalue weighted by atomic mass is 79.9. The van der Waals surface area contributed by atoms with E-state index in [9.17, 15) is 0 Å². The van der Waals surface area contributed by atoms with Crippen LogP contribution >= 0.6 is 15.9 Å². The molecule has 0 bridgehead atoms. The van der Waals surface area contributed by atoms with Crippen LogP contribution in [0.4, 0.5) is 0 Å². The number of hydrogen-bond donors (Lipinski definition) is 0. The summed E-state index contributed by atoms with van der Waals surface area (Å²) >= 11 is 3.81.